The predicted molar refractivity (Wildman–Crippen MR) is 104 cm³/mol. The minimum absolute atomic E-state index is 0.0738. The molecule has 2 aromatic rings. The van der Waals surface area contributed by atoms with Crippen molar-refractivity contribution in [2.45, 2.75) is 20.3 Å². The summed E-state index contributed by atoms with van der Waals surface area (Å²) < 4.78 is 15.7. The van der Waals surface area contributed by atoms with E-state index in [1.807, 2.05) is 32.0 Å². The molecule has 150 valence electrons. The van der Waals surface area contributed by atoms with Gasteiger partial charge in [-0.3, -0.25) is 14.4 Å². The second-order valence-corrected chi connectivity index (χ2v) is 7.22. The molecule has 29 heavy (non-hydrogen) atoms. The highest BCUT2D eigenvalue weighted by Crippen LogP contribution is 2.33. The number of anilines is 1. The van der Waals surface area contributed by atoms with Gasteiger partial charge in [0, 0.05) is 24.2 Å². The molecule has 0 spiro atoms. The van der Waals surface area contributed by atoms with E-state index in [9.17, 15) is 14.4 Å². The number of fused-ring (bicyclic) bond motifs is 1. The van der Waals surface area contributed by atoms with Gasteiger partial charge >= 0.3 is 5.97 Å². The summed E-state index contributed by atoms with van der Waals surface area (Å²) in [5, 5.41) is 0. The van der Waals surface area contributed by atoms with Crippen LogP contribution in [-0.4, -0.2) is 37.6 Å². The standard InChI is InChI=1S/C22H21NO6/c1-13-4-3-5-17(14(13)2)23-10-16(9-21(23)25)22(26)27-11-18(24)15-6-7-19-20(8-15)29-12-28-19/h3-8,16H,9-12H2,1-2H3/t16-/m0/s1. The van der Waals surface area contributed by atoms with E-state index in [1.54, 1.807) is 23.1 Å². The molecule has 2 aromatic carbocycles. The van der Waals surface area contributed by atoms with E-state index in [0.717, 1.165) is 16.8 Å². The van der Waals surface area contributed by atoms with E-state index >= 15 is 0 Å². The lowest BCUT2D eigenvalue weighted by atomic mass is 10.1. The zero-order valence-corrected chi connectivity index (χ0v) is 16.3. The molecule has 2 aliphatic heterocycles. The monoisotopic (exact) mass is 395 g/mol. The summed E-state index contributed by atoms with van der Waals surface area (Å²) in [6.07, 6.45) is 0.0738. The summed E-state index contributed by atoms with van der Waals surface area (Å²) in [5.74, 6) is -0.524. The Morgan fingerprint density at radius 3 is 2.76 bits per heavy atom. The third kappa shape index (κ3) is 3.68. The molecule has 0 aromatic heterocycles. The van der Waals surface area contributed by atoms with Crippen molar-refractivity contribution in [2.75, 3.05) is 24.8 Å². The fraction of sp³-hybridized carbons (Fsp3) is 0.318. The SMILES string of the molecule is Cc1cccc(N2C[C@@H](C(=O)OCC(=O)c3ccc4c(c3)OCO4)CC2=O)c1C. The molecule has 2 aliphatic rings. The Morgan fingerprint density at radius 1 is 1.14 bits per heavy atom. The van der Waals surface area contributed by atoms with Crippen LogP contribution in [0.5, 0.6) is 11.5 Å². The molecule has 2 heterocycles. The number of ketones is 1. The zero-order valence-electron chi connectivity index (χ0n) is 16.3. The number of nitrogens with zero attached hydrogens (tertiary/aromatic N) is 1. The topological polar surface area (TPSA) is 82.1 Å². The maximum atomic E-state index is 12.4. The average Bonchev–Trinajstić information content (AvgIpc) is 3.34. The molecule has 1 saturated heterocycles. The molecular weight excluding hydrogens is 374 g/mol. The van der Waals surface area contributed by atoms with Gasteiger partial charge in [0.15, 0.2) is 23.9 Å². The zero-order chi connectivity index (χ0) is 20.5. The van der Waals surface area contributed by atoms with Crippen LogP contribution in [0.2, 0.25) is 0 Å². The van der Waals surface area contributed by atoms with Crippen LogP contribution >= 0.6 is 0 Å². The number of esters is 1. The summed E-state index contributed by atoms with van der Waals surface area (Å²) in [7, 11) is 0. The van der Waals surface area contributed by atoms with Crippen molar-refractivity contribution in [1.29, 1.82) is 0 Å². The first-order valence-corrected chi connectivity index (χ1v) is 9.40. The summed E-state index contributed by atoms with van der Waals surface area (Å²) in [6, 6.07) is 10.6. The number of carbonyl (C=O) groups excluding carboxylic acids is 3. The summed E-state index contributed by atoms with van der Waals surface area (Å²) in [5.41, 5.74) is 3.27. The maximum absolute atomic E-state index is 12.4. The minimum Gasteiger partial charge on any atom is -0.457 e. The summed E-state index contributed by atoms with van der Waals surface area (Å²) in [6.45, 7) is 3.92. The molecule has 1 fully saturated rings. The smallest absolute Gasteiger partial charge is 0.311 e. The van der Waals surface area contributed by atoms with E-state index in [2.05, 4.69) is 0 Å². The molecule has 0 saturated carbocycles. The first-order chi connectivity index (χ1) is 13.9. The summed E-state index contributed by atoms with van der Waals surface area (Å²) in [4.78, 5) is 38.9. The molecule has 0 unspecified atom stereocenters. The van der Waals surface area contributed by atoms with Crippen LogP contribution in [0.15, 0.2) is 36.4 Å². The molecule has 0 radical (unpaired) electrons. The van der Waals surface area contributed by atoms with Gasteiger partial charge in [0.25, 0.3) is 0 Å². The van der Waals surface area contributed by atoms with Crippen molar-refractivity contribution in [3.63, 3.8) is 0 Å². The fourth-order valence-electron chi connectivity index (χ4n) is 3.53. The molecule has 7 heteroatoms. The number of hydrogen-bond acceptors (Lipinski definition) is 6. The number of hydrogen-bond donors (Lipinski definition) is 0. The Morgan fingerprint density at radius 2 is 1.93 bits per heavy atom. The minimum atomic E-state index is -0.591. The Labute approximate surface area is 168 Å². The lowest BCUT2D eigenvalue weighted by Gasteiger charge is -2.20. The molecule has 0 aliphatic carbocycles. The van der Waals surface area contributed by atoms with Crippen LogP contribution in [0.4, 0.5) is 5.69 Å². The van der Waals surface area contributed by atoms with Crippen LogP contribution < -0.4 is 14.4 Å². The van der Waals surface area contributed by atoms with Gasteiger partial charge in [0.1, 0.15) is 0 Å². The highest BCUT2D eigenvalue weighted by molar-refractivity contribution is 6.01. The lowest BCUT2D eigenvalue weighted by Crippen LogP contribution is -2.27. The first-order valence-electron chi connectivity index (χ1n) is 9.40. The molecule has 4 rings (SSSR count). The molecular formula is C22H21NO6. The molecule has 7 nitrogen and oxygen atoms in total. The van der Waals surface area contributed by atoms with Gasteiger partial charge in [0.05, 0.1) is 5.92 Å². The number of rotatable bonds is 5. The van der Waals surface area contributed by atoms with Crippen molar-refractivity contribution >= 4 is 23.3 Å². The van der Waals surface area contributed by atoms with E-state index < -0.39 is 11.9 Å². The number of aryl methyl sites for hydroxylation is 1. The van der Waals surface area contributed by atoms with Crippen molar-refractivity contribution in [1.82, 2.24) is 0 Å². The van der Waals surface area contributed by atoms with Gasteiger partial charge in [-0.2, -0.15) is 0 Å². The Balaban J connectivity index is 1.37. The van der Waals surface area contributed by atoms with Gasteiger partial charge in [-0.1, -0.05) is 12.1 Å². The maximum Gasteiger partial charge on any atom is 0.311 e. The van der Waals surface area contributed by atoms with Crippen LogP contribution in [-0.2, 0) is 14.3 Å². The van der Waals surface area contributed by atoms with E-state index in [-0.39, 0.29) is 38.1 Å². The number of amides is 1. The average molecular weight is 395 g/mol. The van der Waals surface area contributed by atoms with Crippen molar-refractivity contribution in [3.05, 3.63) is 53.1 Å². The number of Topliss-reactive ketones (excluding diaryl/α,β-unsaturated/α-hetero) is 1. The second kappa shape index (κ2) is 7.58. The van der Waals surface area contributed by atoms with Gasteiger partial charge < -0.3 is 19.1 Å². The van der Waals surface area contributed by atoms with Crippen molar-refractivity contribution in [3.8, 4) is 11.5 Å². The highest BCUT2D eigenvalue weighted by Gasteiger charge is 2.37. The van der Waals surface area contributed by atoms with E-state index in [1.165, 1.54) is 0 Å². The van der Waals surface area contributed by atoms with Crippen LogP contribution in [0.3, 0.4) is 0 Å². The van der Waals surface area contributed by atoms with Crippen molar-refractivity contribution < 1.29 is 28.6 Å². The van der Waals surface area contributed by atoms with Crippen LogP contribution in [0, 0.1) is 19.8 Å². The Kier molecular flexibility index (Phi) is 4.96. The third-order valence-corrected chi connectivity index (χ3v) is 5.37. The van der Waals surface area contributed by atoms with Crippen molar-refractivity contribution in [2.24, 2.45) is 5.92 Å². The lowest BCUT2D eigenvalue weighted by molar-refractivity contribution is -0.147. The molecule has 1 amide bonds. The number of ether oxygens (including phenoxy) is 3. The first kappa shape index (κ1) is 19.0. The Hall–Kier alpha value is -3.35. The van der Waals surface area contributed by atoms with Gasteiger partial charge in [-0.05, 0) is 49.2 Å². The normalized spacial score (nSPS) is 17.5. The van der Waals surface area contributed by atoms with Gasteiger partial charge in [-0.25, -0.2) is 0 Å². The second-order valence-electron chi connectivity index (χ2n) is 7.22. The van der Waals surface area contributed by atoms with Gasteiger partial charge in [-0.15, -0.1) is 0 Å². The highest BCUT2D eigenvalue weighted by atomic mass is 16.7. The number of carbonyl (C=O) groups is 3. The summed E-state index contributed by atoms with van der Waals surface area (Å²) >= 11 is 0. The molecule has 1 atom stereocenters. The van der Waals surface area contributed by atoms with Gasteiger partial charge in [0.2, 0.25) is 12.7 Å². The third-order valence-electron chi connectivity index (χ3n) is 5.37. The van der Waals surface area contributed by atoms with E-state index in [4.69, 9.17) is 14.2 Å². The van der Waals surface area contributed by atoms with Crippen LogP contribution in [0.25, 0.3) is 0 Å². The van der Waals surface area contributed by atoms with Crippen LogP contribution in [0.1, 0.15) is 27.9 Å². The largest absolute Gasteiger partial charge is 0.457 e. The Bertz CT molecular complexity index is 999. The predicted octanol–water partition coefficient (Wildman–Crippen LogP) is 2.81. The molecule has 0 N–H and O–H groups in total. The van der Waals surface area contributed by atoms with E-state index in [0.29, 0.717) is 17.1 Å². The molecule has 0 bridgehead atoms. The fourth-order valence-corrected chi connectivity index (χ4v) is 3.53. The quantitative estimate of drug-likeness (QED) is 0.572. The number of benzene rings is 2.